The highest BCUT2D eigenvalue weighted by Gasteiger charge is 2.50. The second-order valence-corrected chi connectivity index (χ2v) is 4.61. The SMILES string of the molecule is C/C=N\NC(=O)C1(C)CCN([C@H](C)C(=O)OC)C1=O. The van der Waals surface area contributed by atoms with Crippen LogP contribution in [-0.4, -0.2) is 48.6 Å². The molecule has 2 atom stereocenters. The molecule has 0 bridgehead atoms. The molecule has 0 saturated carbocycles. The largest absolute Gasteiger partial charge is 0.467 e. The second-order valence-electron chi connectivity index (χ2n) is 4.61. The number of hydrogen-bond acceptors (Lipinski definition) is 5. The van der Waals surface area contributed by atoms with Crippen molar-refractivity contribution in [3.63, 3.8) is 0 Å². The summed E-state index contributed by atoms with van der Waals surface area (Å²) in [5.74, 6) is -1.34. The van der Waals surface area contributed by atoms with Crippen LogP contribution in [0.15, 0.2) is 5.10 Å². The highest BCUT2D eigenvalue weighted by atomic mass is 16.5. The number of nitrogens with zero attached hydrogens (tertiary/aromatic N) is 2. The van der Waals surface area contributed by atoms with Gasteiger partial charge in [-0.05, 0) is 27.2 Å². The molecule has 1 N–H and O–H groups in total. The van der Waals surface area contributed by atoms with Crippen LogP contribution in [0.5, 0.6) is 0 Å². The summed E-state index contributed by atoms with van der Waals surface area (Å²) in [6, 6.07) is -0.693. The van der Waals surface area contributed by atoms with E-state index < -0.39 is 23.3 Å². The molecule has 7 heteroatoms. The minimum Gasteiger partial charge on any atom is -0.467 e. The summed E-state index contributed by atoms with van der Waals surface area (Å²) in [4.78, 5) is 37.1. The van der Waals surface area contributed by atoms with E-state index in [1.54, 1.807) is 20.8 Å². The molecule has 0 aliphatic carbocycles. The van der Waals surface area contributed by atoms with Crippen molar-refractivity contribution in [1.29, 1.82) is 0 Å². The molecule has 2 amide bonds. The summed E-state index contributed by atoms with van der Waals surface area (Å²) >= 11 is 0. The van der Waals surface area contributed by atoms with E-state index in [2.05, 4.69) is 15.3 Å². The molecule has 0 aromatic carbocycles. The first-order valence-electron chi connectivity index (χ1n) is 6.05. The Bertz CT molecular complexity index is 421. The van der Waals surface area contributed by atoms with Gasteiger partial charge in [-0.2, -0.15) is 5.10 Å². The van der Waals surface area contributed by atoms with Crippen LogP contribution >= 0.6 is 0 Å². The van der Waals surface area contributed by atoms with Crippen molar-refractivity contribution in [2.75, 3.05) is 13.7 Å². The summed E-state index contributed by atoms with van der Waals surface area (Å²) in [7, 11) is 1.27. The van der Waals surface area contributed by atoms with Gasteiger partial charge in [-0.1, -0.05) is 0 Å². The highest BCUT2D eigenvalue weighted by molar-refractivity contribution is 6.06. The van der Waals surface area contributed by atoms with E-state index in [-0.39, 0.29) is 5.91 Å². The molecule has 19 heavy (non-hydrogen) atoms. The van der Waals surface area contributed by atoms with Crippen molar-refractivity contribution in [3.8, 4) is 0 Å². The molecule has 0 aromatic rings. The Morgan fingerprint density at radius 1 is 1.58 bits per heavy atom. The number of amides is 2. The monoisotopic (exact) mass is 269 g/mol. The van der Waals surface area contributed by atoms with Gasteiger partial charge in [0.05, 0.1) is 7.11 Å². The van der Waals surface area contributed by atoms with E-state index >= 15 is 0 Å². The minimum absolute atomic E-state index is 0.342. The van der Waals surface area contributed by atoms with Crippen molar-refractivity contribution in [2.45, 2.75) is 33.2 Å². The van der Waals surface area contributed by atoms with Gasteiger partial charge >= 0.3 is 5.97 Å². The smallest absolute Gasteiger partial charge is 0.328 e. The minimum atomic E-state index is -1.19. The van der Waals surface area contributed by atoms with Crippen LogP contribution in [-0.2, 0) is 19.1 Å². The molecule has 1 heterocycles. The number of carbonyl (C=O) groups is 3. The first-order chi connectivity index (χ1) is 8.88. The molecule has 1 fully saturated rings. The van der Waals surface area contributed by atoms with Crippen molar-refractivity contribution in [3.05, 3.63) is 0 Å². The average Bonchev–Trinajstić information content (AvgIpc) is 2.72. The number of likely N-dealkylation sites (tertiary alicyclic amines) is 1. The van der Waals surface area contributed by atoms with Crippen LogP contribution in [0.2, 0.25) is 0 Å². The third kappa shape index (κ3) is 2.74. The highest BCUT2D eigenvalue weighted by Crippen LogP contribution is 2.33. The summed E-state index contributed by atoms with van der Waals surface area (Å²) in [6.45, 7) is 5.14. The van der Waals surface area contributed by atoms with Crippen LogP contribution in [0.25, 0.3) is 0 Å². The Morgan fingerprint density at radius 3 is 2.74 bits per heavy atom. The Morgan fingerprint density at radius 2 is 2.21 bits per heavy atom. The van der Waals surface area contributed by atoms with Gasteiger partial charge in [0.1, 0.15) is 11.5 Å². The van der Waals surface area contributed by atoms with Gasteiger partial charge in [-0.15, -0.1) is 0 Å². The van der Waals surface area contributed by atoms with E-state index in [4.69, 9.17) is 0 Å². The Hall–Kier alpha value is -1.92. The van der Waals surface area contributed by atoms with E-state index in [1.165, 1.54) is 18.2 Å². The van der Waals surface area contributed by atoms with Gasteiger partial charge in [-0.3, -0.25) is 9.59 Å². The molecule has 0 radical (unpaired) electrons. The number of methoxy groups -OCH3 is 1. The Kier molecular flexibility index (Phi) is 4.63. The van der Waals surface area contributed by atoms with Crippen LogP contribution in [0, 0.1) is 5.41 Å². The lowest BCUT2D eigenvalue weighted by Gasteiger charge is -2.25. The van der Waals surface area contributed by atoms with Crippen LogP contribution in [0.1, 0.15) is 27.2 Å². The predicted molar refractivity (Wildman–Crippen MR) is 68.2 cm³/mol. The molecule has 1 unspecified atom stereocenters. The molecule has 1 rings (SSSR count). The molecule has 1 aliphatic rings. The predicted octanol–water partition coefficient (Wildman–Crippen LogP) is -0.0916. The molecular weight excluding hydrogens is 250 g/mol. The van der Waals surface area contributed by atoms with Crippen molar-refractivity contribution >= 4 is 24.0 Å². The van der Waals surface area contributed by atoms with Gasteiger partial charge in [0.15, 0.2) is 0 Å². The number of esters is 1. The molecule has 0 aromatic heterocycles. The first kappa shape index (κ1) is 15.1. The summed E-state index contributed by atoms with van der Waals surface area (Å²) in [6.07, 6.45) is 1.77. The number of rotatable bonds is 4. The topological polar surface area (TPSA) is 88.1 Å². The standard InChI is InChI=1S/C12H19N3O4/c1-5-13-14-10(17)12(3)6-7-15(11(12)18)8(2)9(16)19-4/h5,8H,6-7H2,1-4H3,(H,14,17)/b13-5-/t8-,12?/m1/s1. The van der Waals surface area contributed by atoms with Gasteiger partial charge in [0, 0.05) is 12.8 Å². The first-order valence-corrected chi connectivity index (χ1v) is 6.05. The number of ether oxygens (including phenoxy) is 1. The van der Waals surface area contributed by atoms with E-state index in [0.29, 0.717) is 13.0 Å². The molecule has 106 valence electrons. The lowest BCUT2D eigenvalue weighted by atomic mass is 9.88. The Balaban J connectivity index is 2.84. The fraction of sp³-hybridized carbons (Fsp3) is 0.667. The maximum absolute atomic E-state index is 12.3. The molecule has 0 spiro atoms. The number of hydrazone groups is 1. The zero-order valence-electron chi connectivity index (χ0n) is 11.6. The van der Waals surface area contributed by atoms with Crippen molar-refractivity contribution in [2.24, 2.45) is 10.5 Å². The molecule has 1 aliphatic heterocycles. The van der Waals surface area contributed by atoms with Crippen molar-refractivity contribution in [1.82, 2.24) is 10.3 Å². The fourth-order valence-corrected chi connectivity index (χ4v) is 1.99. The van der Waals surface area contributed by atoms with E-state index in [9.17, 15) is 14.4 Å². The lowest BCUT2D eigenvalue weighted by molar-refractivity contribution is -0.154. The maximum Gasteiger partial charge on any atom is 0.328 e. The van der Waals surface area contributed by atoms with Gasteiger partial charge in [-0.25, -0.2) is 10.2 Å². The average molecular weight is 269 g/mol. The van der Waals surface area contributed by atoms with Gasteiger partial charge in [0.2, 0.25) is 5.91 Å². The molecule has 1 saturated heterocycles. The van der Waals surface area contributed by atoms with Crippen molar-refractivity contribution < 1.29 is 19.1 Å². The van der Waals surface area contributed by atoms with Gasteiger partial charge < -0.3 is 9.64 Å². The number of nitrogens with one attached hydrogen (secondary N) is 1. The van der Waals surface area contributed by atoms with Gasteiger partial charge in [0.25, 0.3) is 5.91 Å². The van der Waals surface area contributed by atoms with Crippen LogP contribution < -0.4 is 5.43 Å². The zero-order chi connectivity index (χ0) is 14.6. The normalized spacial score (nSPS) is 24.6. The third-order valence-electron chi connectivity index (χ3n) is 3.39. The van der Waals surface area contributed by atoms with Crippen LogP contribution in [0.4, 0.5) is 0 Å². The quantitative estimate of drug-likeness (QED) is 0.334. The summed E-state index contributed by atoms with van der Waals surface area (Å²) in [5, 5.41) is 3.63. The lowest BCUT2D eigenvalue weighted by Crippen LogP contribution is -2.47. The number of carbonyl (C=O) groups excluding carboxylic acids is 3. The van der Waals surface area contributed by atoms with E-state index in [0.717, 1.165) is 0 Å². The third-order valence-corrected chi connectivity index (χ3v) is 3.39. The summed E-state index contributed by atoms with van der Waals surface area (Å²) in [5.41, 5.74) is 1.13. The fourth-order valence-electron chi connectivity index (χ4n) is 1.99. The van der Waals surface area contributed by atoms with E-state index in [1.807, 2.05) is 0 Å². The Labute approximate surface area is 112 Å². The molecule has 7 nitrogen and oxygen atoms in total. The summed E-state index contributed by atoms with van der Waals surface area (Å²) < 4.78 is 4.61. The second kappa shape index (κ2) is 5.81. The van der Waals surface area contributed by atoms with Crippen LogP contribution in [0.3, 0.4) is 0 Å². The molecular formula is C12H19N3O4. The maximum atomic E-state index is 12.3. The zero-order valence-corrected chi connectivity index (χ0v) is 11.6. The number of hydrogen-bond donors (Lipinski definition) is 1.